The van der Waals surface area contributed by atoms with Crippen molar-refractivity contribution in [2.45, 2.75) is 45.6 Å². The van der Waals surface area contributed by atoms with Gasteiger partial charge in [-0.25, -0.2) is 0 Å². The molecule has 1 aliphatic rings. The molecule has 6 heteroatoms. The number of thioether (sulfide) groups is 1. The number of amides is 1. The maximum absolute atomic E-state index is 12.1. The largest absolute Gasteiger partial charge is 0.378 e. The molecule has 21 heavy (non-hydrogen) atoms. The van der Waals surface area contributed by atoms with E-state index in [1.807, 2.05) is 4.90 Å². The van der Waals surface area contributed by atoms with Crippen LogP contribution in [0, 0.1) is 5.92 Å². The second-order valence-electron chi connectivity index (χ2n) is 5.83. The average Bonchev–Trinajstić information content (AvgIpc) is 2.44. The van der Waals surface area contributed by atoms with Crippen molar-refractivity contribution in [2.75, 3.05) is 37.7 Å². The van der Waals surface area contributed by atoms with Gasteiger partial charge in [0.25, 0.3) is 0 Å². The Morgan fingerprint density at radius 2 is 2.05 bits per heavy atom. The predicted molar refractivity (Wildman–Crippen MR) is 93.3 cm³/mol. The third-order valence-corrected chi connectivity index (χ3v) is 4.54. The van der Waals surface area contributed by atoms with E-state index in [2.05, 4.69) is 13.8 Å². The van der Waals surface area contributed by atoms with Crippen LogP contribution in [-0.2, 0) is 9.53 Å². The Morgan fingerprint density at radius 3 is 2.62 bits per heavy atom. The molecule has 2 N–H and O–H groups in total. The van der Waals surface area contributed by atoms with E-state index in [0.717, 1.165) is 50.6 Å². The topological polar surface area (TPSA) is 55.6 Å². The van der Waals surface area contributed by atoms with Gasteiger partial charge < -0.3 is 15.4 Å². The molecule has 1 aliphatic heterocycles. The first-order valence-electron chi connectivity index (χ1n) is 7.80. The number of hydrogen-bond acceptors (Lipinski definition) is 4. The molecule has 0 radical (unpaired) electrons. The summed E-state index contributed by atoms with van der Waals surface area (Å²) in [5, 5.41) is 0. The Labute approximate surface area is 139 Å². The maximum Gasteiger partial charge on any atom is 0.232 e. The van der Waals surface area contributed by atoms with E-state index in [1.165, 1.54) is 6.42 Å². The first-order chi connectivity index (χ1) is 9.63. The molecule has 0 bridgehead atoms. The summed E-state index contributed by atoms with van der Waals surface area (Å²) in [5.41, 5.74) is 5.45. The fourth-order valence-electron chi connectivity index (χ4n) is 2.18. The number of rotatable bonds is 9. The molecule has 1 saturated heterocycles. The van der Waals surface area contributed by atoms with Crippen LogP contribution in [0.4, 0.5) is 0 Å². The van der Waals surface area contributed by atoms with Crippen LogP contribution in [-0.4, -0.2) is 54.7 Å². The van der Waals surface area contributed by atoms with Crippen LogP contribution in [0.3, 0.4) is 0 Å². The number of hydrogen-bond donors (Lipinski definition) is 1. The van der Waals surface area contributed by atoms with Crippen LogP contribution in [0.15, 0.2) is 0 Å². The highest BCUT2D eigenvalue weighted by molar-refractivity contribution is 7.99. The smallest absolute Gasteiger partial charge is 0.232 e. The highest BCUT2D eigenvalue weighted by Crippen LogP contribution is 2.16. The van der Waals surface area contributed by atoms with Gasteiger partial charge in [-0.1, -0.05) is 13.8 Å². The van der Waals surface area contributed by atoms with Crippen molar-refractivity contribution < 1.29 is 9.53 Å². The lowest BCUT2D eigenvalue weighted by Gasteiger charge is -2.32. The van der Waals surface area contributed by atoms with Crippen LogP contribution in [0.2, 0.25) is 0 Å². The summed E-state index contributed by atoms with van der Waals surface area (Å²) in [5.74, 6) is 2.73. The SMILES string of the molecule is CC(C)CCSCC(=O)N1CCC(OCCCN)CC1.Cl. The van der Waals surface area contributed by atoms with E-state index in [1.54, 1.807) is 11.8 Å². The fourth-order valence-corrected chi connectivity index (χ4v) is 3.31. The summed E-state index contributed by atoms with van der Waals surface area (Å²) in [6.45, 7) is 7.56. The Kier molecular flexibility index (Phi) is 12.6. The molecule has 1 amide bonds. The van der Waals surface area contributed by atoms with Crippen LogP contribution >= 0.6 is 24.2 Å². The summed E-state index contributed by atoms with van der Waals surface area (Å²) >= 11 is 1.76. The number of carbonyl (C=O) groups excluding carboxylic acids is 1. The van der Waals surface area contributed by atoms with Gasteiger partial charge in [0.05, 0.1) is 11.9 Å². The molecule has 0 aromatic heterocycles. The van der Waals surface area contributed by atoms with Crippen molar-refractivity contribution >= 4 is 30.1 Å². The van der Waals surface area contributed by atoms with Gasteiger partial charge in [0, 0.05) is 19.7 Å². The molecule has 0 aromatic rings. The lowest BCUT2D eigenvalue weighted by molar-refractivity contribution is -0.130. The highest BCUT2D eigenvalue weighted by atomic mass is 35.5. The van der Waals surface area contributed by atoms with Crippen molar-refractivity contribution in [2.24, 2.45) is 11.7 Å². The third-order valence-electron chi connectivity index (χ3n) is 3.56. The molecule has 0 aromatic carbocycles. The van der Waals surface area contributed by atoms with Gasteiger partial charge in [0.1, 0.15) is 0 Å². The summed E-state index contributed by atoms with van der Waals surface area (Å²) in [4.78, 5) is 14.0. The zero-order valence-electron chi connectivity index (χ0n) is 13.4. The van der Waals surface area contributed by atoms with Gasteiger partial charge in [0.15, 0.2) is 0 Å². The van der Waals surface area contributed by atoms with Crippen molar-refractivity contribution in [3.05, 3.63) is 0 Å². The van der Waals surface area contributed by atoms with E-state index < -0.39 is 0 Å². The summed E-state index contributed by atoms with van der Waals surface area (Å²) in [6.07, 6.45) is 4.36. The Bertz CT molecular complexity index is 272. The Balaban J connectivity index is 0.00000400. The minimum absolute atomic E-state index is 0. The molecule has 0 unspecified atom stereocenters. The second-order valence-corrected chi connectivity index (χ2v) is 6.93. The maximum atomic E-state index is 12.1. The third kappa shape index (κ3) is 9.61. The molecule has 1 heterocycles. The monoisotopic (exact) mass is 338 g/mol. The van der Waals surface area contributed by atoms with Crippen LogP contribution in [0.25, 0.3) is 0 Å². The number of piperidine rings is 1. The first-order valence-corrected chi connectivity index (χ1v) is 8.96. The van der Waals surface area contributed by atoms with E-state index in [0.29, 0.717) is 24.3 Å². The van der Waals surface area contributed by atoms with Gasteiger partial charge in [0.2, 0.25) is 5.91 Å². The Hall–Kier alpha value is 0.0300. The number of likely N-dealkylation sites (tertiary alicyclic amines) is 1. The van der Waals surface area contributed by atoms with Gasteiger partial charge in [-0.3, -0.25) is 4.79 Å². The minimum Gasteiger partial charge on any atom is -0.378 e. The summed E-state index contributed by atoms with van der Waals surface area (Å²) in [6, 6.07) is 0. The highest BCUT2D eigenvalue weighted by Gasteiger charge is 2.22. The number of nitrogens with two attached hydrogens (primary N) is 1. The van der Waals surface area contributed by atoms with Crippen LogP contribution in [0.1, 0.15) is 39.5 Å². The number of nitrogens with zero attached hydrogens (tertiary/aromatic N) is 1. The van der Waals surface area contributed by atoms with Gasteiger partial charge in [-0.2, -0.15) is 11.8 Å². The first kappa shape index (κ1) is 21.0. The molecule has 0 atom stereocenters. The molecule has 1 fully saturated rings. The molecule has 0 spiro atoms. The number of carbonyl (C=O) groups is 1. The van der Waals surface area contributed by atoms with Crippen molar-refractivity contribution in [3.8, 4) is 0 Å². The normalized spacial score (nSPS) is 16.1. The number of ether oxygens (including phenoxy) is 1. The zero-order valence-corrected chi connectivity index (χ0v) is 15.0. The van der Waals surface area contributed by atoms with Crippen LogP contribution in [0.5, 0.6) is 0 Å². The molecule has 0 aliphatic carbocycles. The van der Waals surface area contributed by atoms with Crippen molar-refractivity contribution in [3.63, 3.8) is 0 Å². The Morgan fingerprint density at radius 1 is 1.38 bits per heavy atom. The summed E-state index contributed by atoms with van der Waals surface area (Å²) < 4.78 is 5.75. The fraction of sp³-hybridized carbons (Fsp3) is 0.933. The average molecular weight is 339 g/mol. The quantitative estimate of drug-likeness (QED) is 0.656. The standard InChI is InChI=1S/C15H30N2O2S.ClH/c1-13(2)6-11-20-12-15(18)17-8-4-14(5-9-17)19-10-3-7-16;/h13-14H,3-12,16H2,1-2H3;1H. The second kappa shape index (κ2) is 12.6. The van der Waals surface area contributed by atoms with Gasteiger partial charge >= 0.3 is 0 Å². The van der Waals surface area contributed by atoms with Crippen LogP contribution < -0.4 is 5.73 Å². The van der Waals surface area contributed by atoms with Gasteiger partial charge in [-0.05, 0) is 43.9 Å². The lowest BCUT2D eigenvalue weighted by atomic mass is 10.1. The molecule has 126 valence electrons. The van der Waals surface area contributed by atoms with E-state index in [4.69, 9.17) is 10.5 Å². The predicted octanol–water partition coefficient (Wildman–Crippen LogP) is 2.54. The van der Waals surface area contributed by atoms with E-state index in [9.17, 15) is 4.79 Å². The molecular formula is C15H31ClN2O2S. The molecular weight excluding hydrogens is 308 g/mol. The summed E-state index contributed by atoms with van der Waals surface area (Å²) in [7, 11) is 0. The number of halogens is 1. The van der Waals surface area contributed by atoms with Gasteiger partial charge in [-0.15, -0.1) is 12.4 Å². The minimum atomic E-state index is 0. The van der Waals surface area contributed by atoms with Crippen molar-refractivity contribution in [1.29, 1.82) is 0 Å². The van der Waals surface area contributed by atoms with E-state index >= 15 is 0 Å². The lowest BCUT2D eigenvalue weighted by Crippen LogP contribution is -2.41. The van der Waals surface area contributed by atoms with Crippen molar-refractivity contribution in [1.82, 2.24) is 4.90 Å². The molecule has 0 saturated carbocycles. The zero-order chi connectivity index (χ0) is 14.8. The van der Waals surface area contributed by atoms with E-state index in [-0.39, 0.29) is 12.4 Å². The molecule has 1 rings (SSSR count). The molecule has 4 nitrogen and oxygen atoms in total.